The van der Waals surface area contributed by atoms with Crippen LogP contribution in [0.3, 0.4) is 0 Å². The van der Waals surface area contributed by atoms with Gasteiger partial charge in [0.15, 0.2) is 0 Å². The van der Waals surface area contributed by atoms with Gasteiger partial charge in [0, 0.05) is 11.7 Å². The minimum atomic E-state index is -0.982. The van der Waals surface area contributed by atoms with Gasteiger partial charge in [0.2, 0.25) is 5.91 Å². The molecule has 0 aromatic rings. The third kappa shape index (κ3) is 3.99. The minimum Gasteiger partial charge on any atom is -0.386 e. The maximum absolute atomic E-state index is 11.8. The molecule has 5 heteroatoms. The molecule has 4 nitrogen and oxygen atoms in total. The van der Waals surface area contributed by atoms with E-state index < -0.39 is 17.7 Å². The number of rotatable bonds is 1. The summed E-state index contributed by atoms with van der Waals surface area (Å²) >= 11 is 1.50. The van der Waals surface area contributed by atoms with Gasteiger partial charge in [-0.05, 0) is 17.1 Å². The first-order chi connectivity index (χ1) is 8.84. The molecule has 0 saturated heterocycles. The summed E-state index contributed by atoms with van der Waals surface area (Å²) in [5.74, 6) is -0.234. The van der Waals surface area contributed by atoms with E-state index in [1.807, 2.05) is 41.5 Å². The van der Waals surface area contributed by atoms with Crippen molar-refractivity contribution >= 4 is 17.7 Å². The molecule has 1 rings (SSSR count). The Morgan fingerprint density at radius 1 is 1.20 bits per heavy atom. The molecule has 2 N–H and O–H groups in total. The Labute approximate surface area is 126 Å². The predicted molar refractivity (Wildman–Crippen MR) is 83.2 cm³/mol. The Bertz CT molecular complexity index is 406. The zero-order chi connectivity index (χ0) is 15.9. The SMILES string of the molecule is CC(=O)N1[C@H](O)C=C(C(C)(C)C)[C@@H](O)[C@@H]1SC(C)(C)C. The van der Waals surface area contributed by atoms with Crippen LogP contribution in [0.25, 0.3) is 0 Å². The van der Waals surface area contributed by atoms with Crippen LogP contribution in [-0.2, 0) is 4.79 Å². The fraction of sp³-hybridized carbons (Fsp3) is 0.800. The van der Waals surface area contributed by atoms with E-state index in [1.165, 1.54) is 23.6 Å². The van der Waals surface area contributed by atoms with E-state index in [0.29, 0.717) is 0 Å². The number of amides is 1. The van der Waals surface area contributed by atoms with Crippen LogP contribution in [0.2, 0.25) is 0 Å². The van der Waals surface area contributed by atoms with Crippen LogP contribution in [0, 0.1) is 5.41 Å². The molecule has 0 saturated carbocycles. The molecule has 1 amide bonds. The Kier molecular flexibility index (Phi) is 4.99. The van der Waals surface area contributed by atoms with Crippen molar-refractivity contribution < 1.29 is 15.0 Å². The fourth-order valence-corrected chi connectivity index (χ4v) is 3.73. The van der Waals surface area contributed by atoms with Gasteiger partial charge in [0.1, 0.15) is 17.7 Å². The molecule has 0 aromatic heterocycles. The van der Waals surface area contributed by atoms with Gasteiger partial charge < -0.3 is 10.2 Å². The minimum absolute atomic E-state index is 0.126. The van der Waals surface area contributed by atoms with Crippen LogP contribution in [0.4, 0.5) is 0 Å². The lowest BCUT2D eigenvalue weighted by molar-refractivity contribution is -0.140. The van der Waals surface area contributed by atoms with Crippen LogP contribution >= 0.6 is 11.8 Å². The standard InChI is InChI=1S/C15H27NO3S/c1-9(17)16-11(18)8-10(14(2,3)4)12(19)13(16)20-15(5,6)7/h8,11-13,18-19H,1-7H3/t11-,12-,13+/m1/s1. The molecule has 0 spiro atoms. The number of aliphatic hydroxyl groups excluding tert-OH is 2. The molecule has 3 atom stereocenters. The number of nitrogens with zero attached hydrogens (tertiary/aromatic N) is 1. The lowest BCUT2D eigenvalue weighted by Crippen LogP contribution is -2.55. The third-order valence-corrected chi connectivity index (χ3v) is 4.61. The summed E-state index contributed by atoms with van der Waals surface area (Å²) in [6, 6.07) is 0. The maximum Gasteiger partial charge on any atom is 0.222 e. The van der Waals surface area contributed by atoms with E-state index in [2.05, 4.69) is 0 Å². The number of thioether (sulfide) groups is 1. The number of hydrogen-bond acceptors (Lipinski definition) is 4. The quantitative estimate of drug-likeness (QED) is 0.730. The van der Waals surface area contributed by atoms with Crippen LogP contribution in [0.5, 0.6) is 0 Å². The second kappa shape index (κ2) is 5.70. The van der Waals surface area contributed by atoms with Crippen LogP contribution in [0.1, 0.15) is 48.5 Å². The summed E-state index contributed by atoms with van der Waals surface area (Å²) < 4.78 is -0.126. The predicted octanol–water partition coefficient (Wildman–Crippen LogP) is 2.36. The number of hydrogen-bond donors (Lipinski definition) is 2. The molecule has 0 aliphatic carbocycles. The van der Waals surface area contributed by atoms with E-state index in [4.69, 9.17) is 0 Å². The molecule has 0 bridgehead atoms. The van der Waals surface area contributed by atoms with Gasteiger partial charge in [-0.15, -0.1) is 11.8 Å². The van der Waals surface area contributed by atoms with Gasteiger partial charge in [-0.25, -0.2) is 0 Å². The molecule has 1 heterocycles. The van der Waals surface area contributed by atoms with E-state index in [-0.39, 0.29) is 16.1 Å². The first-order valence-electron chi connectivity index (χ1n) is 6.89. The van der Waals surface area contributed by atoms with Gasteiger partial charge in [-0.1, -0.05) is 41.5 Å². The van der Waals surface area contributed by atoms with E-state index >= 15 is 0 Å². The molecule has 1 aliphatic heterocycles. The highest BCUT2D eigenvalue weighted by molar-refractivity contribution is 8.01. The van der Waals surface area contributed by atoms with E-state index in [0.717, 1.165) is 5.57 Å². The fourth-order valence-electron chi connectivity index (χ4n) is 2.34. The average Bonchev–Trinajstić information content (AvgIpc) is 2.18. The molecule has 0 unspecified atom stereocenters. The maximum atomic E-state index is 11.8. The van der Waals surface area contributed by atoms with Crippen molar-refractivity contribution in [3.63, 3.8) is 0 Å². The van der Waals surface area contributed by atoms with Crippen molar-refractivity contribution in [2.45, 2.75) is 70.9 Å². The Balaban J connectivity index is 3.23. The second-order valence-corrected chi connectivity index (χ2v) is 9.22. The zero-order valence-corrected chi connectivity index (χ0v) is 14.3. The topological polar surface area (TPSA) is 60.8 Å². The summed E-state index contributed by atoms with van der Waals surface area (Å²) in [5, 5.41) is 20.5. The average molecular weight is 301 g/mol. The van der Waals surface area contributed by atoms with Gasteiger partial charge in [0.25, 0.3) is 0 Å². The van der Waals surface area contributed by atoms with Crippen LogP contribution in [-0.4, -0.2) is 43.5 Å². The number of carbonyl (C=O) groups is 1. The van der Waals surface area contributed by atoms with Crippen molar-refractivity contribution in [3.05, 3.63) is 11.6 Å². The Morgan fingerprint density at radius 2 is 1.70 bits per heavy atom. The molecule has 1 aliphatic rings. The summed E-state index contributed by atoms with van der Waals surface area (Å²) in [6.45, 7) is 13.5. The van der Waals surface area contributed by atoms with Crippen LogP contribution in [0.15, 0.2) is 11.6 Å². The summed E-state index contributed by atoms with van der Waals surface area (Å²) in [4.78, 5) is 13.2. The largest absolute Gasteiger partial charge is 0.386 e. The third-order valence-electron chi connectivity index (χ3n) is 3.18. The van der Waals surface area contributed by atoms with Crippen molar-refractivity contribution in [1.29, 1.82) is 0 Å². The first kappa shape index (κ1) is 17.5. The van der Waals surface area contributed by atoms with E-state index in [9.17, 15) is 15.0 Å². The lowest BCUT2D eigenvalue weighted by Gasteiger charge is -2.45. The number of carbonyl (C=O) groups excluding carboxylic acids is 1. The highest BCUT2D eigenvalue weighted by atomic mass is 32.2. The molecular formula is C15H27NO3S. The first-order valence-corrected chi connectivity index (χ1v) is 7.77. The summed E-state index contributed by atoms with van der Waals surface area (Å²) in [5.41, 5.74) is 0.532. The van der Waals surface area contributed by atoms with Crippen molar-refractivity contribution in [3.8, 4) is 0 Å². The van der Waals surface area contributed by atoms with Crippen molar-refractivity contribution in [1.82, 2.24) is 4.90 Å². The molecule has 0 fully saturated rings. The van der Waals surface area contributed by atoms with Gasteiger partial charge >= 0.3 is 0 Å². The summed E-state index contributed by atoms with van der Waals surface area (Å²) in [6.07, 6.45) is -0.150. The molecule has 0 radical (unpaired) electrons. The second-order valence-electron chi connectivity index (χ2n) is 7.28. The van der Waals surface area contributed by atoms with Gasteiger partial charge in [-0.3, -0.25) is 9.69 Å². The Morgan fingerprint density at radius 3 is 2.05 bits per heavy atom. The molecule has 116 valence electrons. The van der Waals surface area contributed by atoms with Gasteiger partial charge in [-0.2, -0.15) is 0 Å². The lowest BCUT2D eigenvalue weighted by atomic mass is 9.81. The highest BCUT2D eigenvalue weighted by Gasteiger charge is 2.43. The highest BCUT2D eigenvalue weighted by Crippen LogP contribution is 2.41. The monoisotopic (exact) mass is 301 g/mol. The summed E-state index contributed by atoms with van der Waals surface area (Å²) in [7, 11) is 0. The molecule has 20 heavy (non-hydrogen) atoms. The zero-order valence-electron chi connectivity index (χ0n) is 13.5. The Hall–Kier alpha value is -0.520. The smallest absolute Gasteiger partial charge is 0.222 e. The van der Waals surface area contributed by atoms with Gasteiger partial charge in [0.05, 0.1) is 0 Å². The molecule has 0 aromatic carbocycles. The normalized spacial score (nSPS) is 28.4. The van der Waals surface area contributed by atoms with Crippen LogP contribution < -0.4 is 0 Å². The van der Waals surface area contributed by atoms with Crippen molar-refractivity contribution in [2.75, 3.05) is 0 Å². The van der Waals surface area contributed by atoms with E-state index in [1.54, 1.807) is 6.08 Å². The number of aliphatic hydroxyl groups is 2. The van der Waals surface area contributed by atoms with Crippen molar-refractivity contribution in [2.24, 2.45) is 5.41 Å². The molecular weight excluding hydrogens is 274 g/mol.